The predicted molar refractivity (Wildman–Crippen MR) is 99.7 cm³/mol. The molecule has 0 amide bonds. The molecule has 2 N–H and O–H groups in total. The standard InChI is InChI=1S/C21H16FN3O2/c22-16-8-6-14(7-9-16)19(23-17-10-12-18(26)13-11-17)21-25-24-20(27-21)15-4-2-1-3-5-15/h1-13,19,23,26H. The Morgan fingerprint density at radius 1 is 0.852 bits per heavy atom. The molecule has 0 spiro atoms. The summed E-state index contributed by atoms with van der Waals surface area (Å²) in [5, 5.41) is 21.1. The third-order valence-corrected chi connectivity index (χ3v) is 4.09. The number of anilines is 1. The fourth-order valence-corrected chi connectivity index (χ4v) is 2.72. The van der Waals surface area contributed by atoms with Gasteiger partial charge in [-0.25, -0.2) is 4.39 Å². The zero-order valence-electron chi connectivity index (χ0n) is 14.2. The number of aromatic hydroxyl groups is 1. The zero-order chi connectivity index (χ0) is 18.6. The summed E-state index contributed by atoms with van der Waals surface area (Å²) in [5.41, 5.74) is 2.34. The molecule has 134 valence electrons. The van der Waals surface area contributed by atoms with Crippen molar-refractivity contribution in [1.82, 2.24) is 10.2 Å². The number of aromatic nitrogens is 2. The first-order chi connectivity index (χ1) is 13.2. The maximum Gasteiger partial charge on any atom is 0.247 e. The number of phenolic OH excluding ortho intramolecular Hbond substituents is 1. The second-order valence-electron chi connectivity index (χ2n) is 5.99. The molecular weight excluding hydrogens is 345 g/mol. The Hall–Kier alpha value is -3.67. The van der Waals surface area contributed by atoms with E-state index in [1.807, 2.05) is 30.3 Å². The number of phenols is 1. The Labute approximate surface area is 155 Å². The summed E-state index contributed by atoms with van der Waals surface area (Å²) in [4.78, 5) is 0. The highest BCUT2D eigenvalue weighted by Crippen LogP contribution is 2.29. The summed E-state index contributed by atoms with van der Waals surface area (Å²) in [6.45, 7) is 0. The molecule has 0 aliphatic carbocycles. The number of nitrogens with one attached hydrogen (secondary N) is 1. The predicted octanol–water partition coefficient (Wildman–Crippen LogP) is 4.78. The lowest BCUT2D eigenvalue weighted by atomic mass is 10.1. The van der Waals surface area contributed by atoms with Crippen LogP contribution in [-0.2, 0) is 0 Å². The maximum absolute atomic E-state index is 13.3. The minimum Gasteiger partial charge on any atom is -0.508 e. The van der Waals surface area contributed by atoms with Crippen LogP contribution in [0, 0.1) is 5.82 Å². The van der Waals surface area contributed by atoms with E-state index in [4.69, 9.17) is 4.42 Å². The van der Waals surface area contributed by atoms with Crippen LogP contribution in [0.15, 0.2) is 83.3 Å². The average Bonchev–Trinajstić information content (AvgIpc) is 3.19. The van der Waals surface area contributed by atoms with Crippen LogP contribution < -0.4 is 5.32 Å². The van der Waals surface area contributed by atoms with Crippen molar-refractivity contribution in [2.75, 3.05) is 5.32 Å². The van der Waals surface area contributed by atoms with Crippen LogP contribution in [0.2, 0.25) is 0 Å². The molecule has 1 aromatic heterocycles. The van der Waals surface area contributed by atoms with Crippen molar-refractivity contribution < 1.29 is 13.9 Å². The largest absolute Gasteiger partial charge is 0.508 e. The molecule has 27 heavy (non-hydrogen) atoms. The van der Waals surface area contributed by atoms with Gasteiger partial charge >= 0.3 is 0 Å². The number of benzene rings is 3. The average molecular weight is 361 g/mol. The molecule has 1 heterocycles. The van der Waals surface area contributed by atoms with E-state index in [2.05, 4.69) is 15.5 Å². The highest BCUT2D eigenvalue weighted by molar-refractivity contribution is 5.53. The minimum atomic E-state index is -0.472. The van der Waals surface area contributed by atoms with Crippen LogP contribution in [0.5, 0.6) is 5.75 Å². The molecule has 6 heteroatoms. The van der Waals surface area contributed by atoms with Crippen LogP contribution in [0.1, 0.15) is 17.5 Å². The Morgan fingerprint density at radius 3 is 2.26 bits per heavy atom. The fraction of sp³-hybridized carbons (Fsp3) is 0.0476. The summed E-state index contributed by atoms with van der Waals surface area (Å²) in [7, 11) is 0. The quantitative estimate of drug-likeness (QED) is 0.501. The zero-order valence-corrected chi connectivity index (χ0v) is 14.2. The summed E-state index contributed by atoms with van der Waals surface area (Å²) < 4.78 is 19.2. The molecule has 3 aromatic carbocycles. The van der Waals surface area contributed by atoms with Gasteiger partial charge in [-0.15, -0.1) is 10.2 Å². The summed E-state index contributed by atoms with van der Waals surface area (Å²) >= 11 is 0. The molecule has 5 nitrogen and oxygen atoms in total. The van der Waals surface area contributed by atoms with E-state index in [0.29, 0.717) is 11.8 Å². The molecular formula is C21H16FN3O2. The number of halogens is 1. The van der Waals surface area contributed by atoms with Crippen molar-refractivity contribution in [2.45, 2.75) is 6.04 Å². The first-order valence-corrected chi connectivity index (χ1v) is 8.39. The third kappa shape index (κ3) is 3.79. The summed E-state index contributed by atoms with van der Waals surface area (Å²) in [5.74, 6) is 0.611. The second-order valence-corrected chi connectivity index (χ2v) is 5.99. The van der Waals surface area contributed by atoms with E-state index in [1.165, 1.54) is 12.1 Å². The molecule has 4 rings (SSSR count). The van der Waals surface area contributed by atoms with Gasteiger partial charge in [0.25, 0.3) is 0 Å². The van der Waals surface area contributed by atoms with E-state index in [9.17, 15) is 9.50 Å². The molecule has 0 aliphatic rings. The second kappa shape index (κ2) is 7.29. The normalized spacial score (nSPS) is 11.9. The van der Waals surface area contributed by atoms with Crippen LogP contribution in [-0.4, -0.2) is 15.3 Å². The highest BCUT2D eigenvalue weighted by Gasteiger charge is 2.21. The number of hydrogen-bond donors (Lipinski definition) is 2. The van der Waals surface area contributed by atoms with Crippen molar-refractivity contribution in [1.29, 1.82) is 0 Å². The third-order valence-electron chi connectivity index (χ3n) is 4.09. The summed E-state index contributed by atoms with van der Waals surface area (Å²) in [6.07, 6.45) is 0. The lowest BCUT2D eigenvalue weighted by molar-refractivity contribution is 0.475. The van der Waals surface area contributed by atoms with E-state index < -0.39 is 6.04 Å². The molecule has 0 saturated heterocycles. The van der Waals surface area contributed by atoms with E-state index in [-0.39, 0.29) is 11.6 Å². The first kappa shape index (κ1) is 16.8. The van der Waals surface area contributed by atoms with Gasteiger partial charge in [0, 0.05) is 11.3 Å². The number of nitrogens with zero attached hydrogens (tertiary/aromatic N) is 2. The van der Waals surface area contributed by atoms with Crippen molar-refractivity contribution >= 4 is 5.69 Å². The lowest BCUT2D eigenvalue weighted by Crippen LogP contribution is -2.13. The summed E-state index contributed by atoms with van der Waals surface area (Å²) in [6, 6.07) is 21.7. The molecule has 0 saturated carbocycles. The van der Waals surface area contributed by atoms with Gasteiger partial charge in [0.1, 0.15) is 17.6 Å². The molecule has 1 atom stereocenters. The molecule has 0 bridgehead atoms. The van der Waals surface area contributed by atoms with Gasteiger partial charge in [0.15, 0.2) is 0 Å². The van der Waals surface area contributed by atoms with E-state index >= 15 is 0 Å². The van der Waals surface area contributed by atoms with Gasteiger partial charge in [0.05, 0.1) is 0 Å². The van der Waals surface area contributed by atoms with Gasteiger partial charge in [-0.3, -0.25) is 0 Å². The van der Waals surface area contributed by atoms with Gasteiger partial charge in [-0.1, -0.05) is 30.3 Å². The number of hydrogen-bond acceptors (Lipinski definition) is 5. The van der Waals surface area contributed by atoms with Gasteiger partial charge in [-0.05, 0) is 54.1 Å². The maximum atomic E-state index is 13.3. The van der Waals surface area contributed by atoms with Crippen LogP contribution >= 0.6 is 0 Å². The Morgan fingerprint density at radius 2 is 1.56 bits per heavy atom. The SMILES string of the molecule is Oc1ccc(NC(c2ccc(F)cc2)c2nnc(-c3ccccc3)o2)cc1. The molecule has 0 radical (unpaired) electrons. The molecule has 4 aromatic rings. The number of rotatable bonds is 5. The molecule has 1 unspecified atom stereocenters. The topological polar surface area (TPSA) is 71.2 Å². The highest BCUT2D eigenvalue weighted by atomic mass is 19.1. The smallest absolute Gasteiger partial charge is 0.247 e. The monoisotopic (exact) mass is 361 g/mol. The molecule has 0 fully saturated rings. The van der Waals surface area contributed by atoms with Crippen molar-refractivity contribution in [3.8, 4) is 17.2 Å². The van der Waals surface area contributed by atoms with Crippen molar-refractivity contribution in [3.05, 3.63) is 96.1 Å². The van der Waals surface area contributed by atoms with Gasteiger partial charge in [-0.2, -0.15) is 0 Å². The Bertz CT molecular complexity index is 1020. The fourth-order valence-electron chi connectivity index (χ4n) is 2.72. The van der Waals surface area contributed by atoms with Crippen molar-refractivity contribution in [2.24, 2.45) is 0 Å². The van der Waals surface area contributed by atoms with Crippen LogP contribution in [0.3, 0.4) is 0 Å². The molecule has 0 aliphatic heterocycles. The first-order valence-electron chi connectivity index (χ1n) is 8.39. The van der Waals surface area contributed by atoms with E-state index in [1.54, 1.807) is 36.4 Å². The van der Waals surface area contributed by atoms with Gasteiger partial charge < -0.3 is 14.8 Å². The van der Waals surface area contributed by atoms with Gasteiger partial charge in [0.2, 0.25) is 11.8 Å². The van der Waals surface area contributed by atoms with Crippen LogP contribution in [0.4, 0.5) is 10.1 Å². The van der Waals surface area contributed by atoms with Crippen molar-refractivity contribution in [3.63, 3.8) is 0 Å². The lowest BCUT2D eigenvalue weighted by Gasteiger charge is -2.17. The van der Waals surface area contributed by atoms with E-state index in [0.717, 1.165) is 16.8 Å². The van der Waals surface area contributed by atoms with Crippen LogP contribution in [0.25, 0.3) is 11.5 Å². The minimum absolute atomic E-state index is 0.169. The Balaban J connectivity index is 1.70. The Kier molecular flexibility index (Phi) is 4.53.